The molecule has 3 aromatic heterocycles. The van der Waals surface area contributed by atoms with Crippen molar-refractivity contribution in [2.75, 3.05) is 0 Å². The Kier molecular flexibility index (Phi) is 9.99. The maximum absolute atomic E-state index is 5.29. The van der Waals surface area contributed by atoms with Gasteiger partial charge in [0.05, 0.1) is 11.0 Å². The first-order chi connectivity index (χ1) is 38.1. The van der Waals surface area contributed by atoms with Gasteiger partial charge in [0.1, 0.15) is 0 Å². The molecule has 7 heteroatoms. The van der Waals surface area contributed by atoms with E-state index < -0.39 is 0 Å². The van der Waals surface area contributed by atoms with Gasteiger partial charge in [-0.25, -0.2) is 29.9 Å². The molecular weight excluding hydrogens is 939 g/mol. The van der Waals surface area contributed by atoms with Crippen molar-refractivity contribution in [1.29, 1.82) is 0 Å². The molecule has 4 bridgehead atoms. The fraction of sp³-hybridized carbons (Fsp3) is 0.143. The zero-order chi connectivity index (χ0) is 50.6. The van der Waals surface area contributed by atoms with Crippen LogP contribution in [-0.4, -0.2) is 34.5 Å². The van der Waals surface area contributed by atoms with Crippen LogP contribution in [0.1, 0.15) is 43.2 Å². The Bertz CT molecular complexity index is 4140. The predicted molar refractivity (Wildman–Crippen MR) is 309 cm³/mol. The van der Waals surface area contributed by atoms with Gasteiger partial charge in [0.2, 0.25) is 0 Å². The SMILES string of the molecule is c1ccc(-c2nc(-c3ccccc3)nc(-c3ccc4c5c(-c6nc(-c7ccccc7)nc(-c7ccccc7)n6)cccc5n(-c5cccc(-c6cccc7c6-c6ccccc6C76C7CC8CC(C7)CC6C8)c5)c4c3)n2)cc1. The highest BCUT2D eigenvalue weighted by Crippen LogP contribution is 2.70. The highest BCUT2D eigenvalue weighted by atomic mass is 15.1. The standard InChI is InChI=1S/C70H51N7/c1-5-18-45(19-6-1)64-71-65(46-20-7-2-8-21-46)74-68(73-64)50-34-35-56-61(42-50)77(60-33-17-30-57(63(56)60)69-75-66(47-22-9-3-10-23-47)72-67(76-69)48-24-11-4-12-25-48)53-27-15-26-49(41-53)54-29-16-32-59-62(54)55-28-13-14-31-58(55)70(59)51-37-43-36-44(39-51)40-52(70)38-43/h1-35,41-44,51-52H,36-40H2. The van der Waals surface area contributed by atoms with Gasteiger partial charge in [0.25, 0.3) is 0 Å². The summed E-state index contributed by atoms with van der Waals surface area (Å²) < 4.78 is 2.42. The summed E-state index contributed by atoms with van der Waals surface area (Å²) >= 11 is 0. The maximum Gasteiger partial charge on any atom is 0.164 e. The Balaban J connectivity index is 0.926. The first kappa shape index (κ1) is 44.1. The molecule has 366 valence electrons. The molecule has 0 atom stereocenters. The molecule has 77 heavy (non-hydrogen) atoms. The van der Waals surface area contributed by atoms with Crippen molar-refractivity contribution >= 4 is 21.8 Å². The van der Waals surface area contributed by atoms with Gasteiger partial charge in [-0.05, 0) is 113 Å². The number of fused-ring (bicyclic) bond motifs is 6. The number of aromatic nitrogens is 7. The lowest BCUT2D eigenvalue weighted by molar-refractivity contribution is -0.0399. The van der Waals surface area contributed by atoms with Gasteiger partial charge in [-0.15, -0.1) is 0 Å². The second-order valence-electron chi connectivity index (χ2n) is 21.8. The Morgan fingerprint density at radius 2 is 0.779 bits per heavy atom. The largest absolute Gasteiger partial charge is 0.309 e. The smallest absolute Gasteiger partial charge is 0.164 e. The van der Waals surface area contributed by atoms with E-state index in [9.17, 15) is 0 Å². The number of rotatable bonds is 8. The molecule has 4 saturated carbocycles. The summed E-state index contributed by atoms with van der Waals surface area (Å²) in [4.78, 5) is 31.1. The second kappa shape index (κ2) is 17.4. The van der Waals surface area contributed by atoms with Gasteiger partial charge in [-0.2, -0.15) is 0 Å². The molecule has 17 rings (SSSR count). The summed E-state index contributed by atoms with van der Waals surface area (Å²) in [7, 11) is 0. The van der Waals surface area contributed by atoms with E-state index in [1.165, 1.54) is 54.4 Å². The number of hydrogen-bond donors (Lipinski definition) is 0. The van der Waals surface area contributed by atoms with Gasteiger partial charge in [0.15, 0.2) is 34.9 Å². The fourth-order valence-electron chi connectivity index (χ4n) is 14.8. The number of nitrogens with zero attached hydrogens (tertiary/aromatic N) is 7. The van der Waals surface area contributed by atoms with Crippen LogP contribution in [0.15, 0.2) is 224 Å². The van der Waals surface area contributed by atoms with E-state index in [0.717, 1.165) is 72.7 Å². The summed E-state index contributed by atoms with van der Waals surface area (Å²) in [5, 5.41) is 2.11. The molecule has 0 amide bonds. The average molecular weight is 990 g/mol. The van der Waals surface area contributed by atoms with E-state index in [2.05, 4.69) is 156 Å². The minimum atomic E-state index is 0.0815. The Morgan fingerprint density at radius 3 is 1.36 bits per heavy atom. The van der Waals surface area contributed by atoms with E-state index in [4.69, 9.17) is 29.9 Å². The van der Waals surface area contributed by atoms with Crippen molar-refractivity contribution in [3.05, 3.63) is 236 Å². The molecule has 4 fully saturated rings. The summed E-state index contributed by atoms with van der Waals surface area (Å²) in [6, 6.07) is 79.9. The second-order valence-corrected chi connectivity index (χ2v) is 21.8. The van der Waals surface area contributed by atoms with E-state index in [1.807, 2.05) is 72.8 Å². The van der Waals surface area contributed by atoms with E-state index in [1.54, 1.807) is 11.1 Å². The van der Waals surface area contributed by atoms with Crippen molar-refractivity contribution in [2.24, 2.45) is 23.7 Å². The van der Waals surface area contributed by atoms with Gasteiger partial charge in [-0.3, -0.25) is 0 Å². The van der Waals surface area contributed by atoms with Crippen molar-refractivity contribution in [3.8, 4) is 96.3 Å². The molecule has 3 heterocycles. The third-order valence-corrected chi connectivity index (χ3v) is 17.7. The topological polar surface area (TPSA) is 82.3 Å². The minimum Gasteiger partial charge on any atom is -0.309 e. The zero-order valence-corrected chi connectivity index (χ0v) is 42.3. The molecule has 1 spiro atoms. The van der Waals surface area contributed by atoms with Crippen LogP contribution in [0.25, 0.3) is 118 Å². The lowest BCUT2D eigenvalue weighted by atomic mass is 9.43. The van der Waals surface area contributed by atoms with Crippen LogP contribution in [0.3, 0.4) is 0 Å². The number of benzene rings is 9. The van der Waals surface area contributed by atoms with Gasteiger partial charge in [-0.1, -0.05) is 200 Å². The molecule has 12 aromatic rings. The Labute approximate surface area is 447 Å². The summed E-state index contributed by atoms with van der Waals surface area (Å²) in [6.07, 6.45) is 6.87. The first-order valence-electron chi connectivity index (χ1n) is 27.3. The molecule has 9 aromatic carbocycles. The minimum absolute atomic E-state index is 0.0815. The van der Waals surface area contributed by atoms with Gasteiger partial charge < -0.3 is 4.57 Å². The quantitative estimate of drug-likeness (QED) is 0.151. The average Bonchev–Trinajstić information content (AvgIpc) is 4.03. The first-order valence-corrected chi connectivity index (χ1v) is 27.3. The third-order valence-electron chi connectivity index (χ3n) is 17.7. The molecule has 0 aliphatic heterocycles. The summed E-state index contributed by atoms with van der Waals surface area (Å²) in [5.74, 6) is 6.84. The van der Waals surface area contributed by atoms with Gasteiger partial charge >= 0.3 is 0 Å². The Morgan fingerprint density at radius 1 is 0.325 bits per heavy atom. The van der Waals surface area contributed by atoms with Gasteiger partial charge in [0, 0.05) is 55.3 Å². The zero-order valence-electron chi connectivity index (χ0n) is 42.3. The van der Waals surface area contributed by atoms with Crippen molar-refractivity contribution in [2.45, 2.75) is 37.5 Å². The van der Waals surface area contributed by atoms with Crippen LogP contribution >= 0.6 is 0 Å². The molecule has 0 saturated heterocycles. The lowest BCUT2D eigenvalue weighted by Gasteiger charge is -2.61. The summed E-state index contributed by atoms with van der Waals surface area (Å²) in [6.45, 7) is 0. The van der Waals surface area contributed by atoms with Crippen LogP contribution < -0.4 is 0 Å². The predicted octanol–water partition coefficient (Wildman–Crippen LogP) is 16.5. The van der Waals surface area contributed by atoms with Crippen LogP contribution in [0.4, 0.5) is 0 Å². The third kappa shape index (κ3) is 6.96. The molecule has 5 aliphatic carbocycles. The monoisotopic (exact) mass is 989 g/mol. The highest BCUT2D eigenvalue weighted by Gasteiger charge is 2.61. The van der Waals surface area contributed by atoms with Crippen molar-refractivity contribution in [3.63, 3.8) is 0 Å². The molecule has 0 radical (unpaired) electrons. The van der Waals surface area contributed by atoms with Crippen LogP contribution in [0, 0.1) is 23.7 Å². The van der Waals surface area contributed by atoms with E-state index in [-0.39, 0.29) is 5.41 Å². The Hall–Kier alpha value is -9.20. The van der Waals surface area contributed by atoms with Crippen LogP contribution in [0.5, 0.6) is 0 Å². The van der Waals surface area contributed by atoms with Crippen LogP contribution in [-0.2, 0) is 5.41 Å². The van der Waals surface area contributed by atoms with Crippen molar-refractivity contribution in [1.82, 2.24) is 34.5 Å². The maximum atomic E-state index is 5.29. The van der Waals surface area contributed by atoms with E-state index >= 15 is 0 Å². The molecule has 5 aliphatic rings. The van der Waals surface area contributed by atoms with Crippen molar-refractivity contribution < 1.29 is 0 Å². The molecular formula is C70H51N7. The van der Waals surface area contributed by atoms with Crippen LogP contribution in [0.2, 0.25) is 0 Å². The van der Waals surface area contributed by atoms with E-state index in [0.29, 0.717) is 46.8 Å². The molecule has 0 N–H and O–H groups in total. The fourth-order valence-corrected chi connectivity index (χ4v) is 14.8. The highest BCUT2D eigenvalue weighted by molar-refractivity contribution is 6.16. The molecule has 0 unspecified atom stereocenters. The molecule has 7 nitrogen and oxygen atoms in total. The summed E-state index contributed by atoms with van der Waals surface area (Å²) in [5.41, 5.74) is 17.2. The number of hydrogen-bond acceptors (Lipinski definition) is 6. The normalized spacial score (nSPS) is 19.7. The lowest BCUT2D eigenvalue weighted by Crippen LogP contribution is -2.55.